The lowest BCUT2D eigenvalue weighted by Crippen LogP contribution is -2.36. The maximum Gasteiger partial charge on any atom is 0.0624 e. The van der Waals surface area contributed by atoms with E-state index in [-0.39, 0.29) is 0 Å². The Morgan fingerprint density at radius 3 is 2.40 bits per heavy atom. The van der Waals surface area contributed by atoms with Crippen molar-refractivity contribution in [2.45, 2.75) is 57.4 Å². The molecule has 1 aromatic carbocycles. The maximum atomic E-state index is 6.33. The number of likely N-dealkylation sites (N-methyl/N-ethyl adjacent to an activating group) is 1. The fraction of sp³-hybridized carbons (Fsp3) is 0.647. The van der Waals surface area contributed by atoms with Gasteiger partial charge in [0.1, 0.15) is 0 Å². The molecule has 1 aliphatic rings. The van der Waals surface area contributed by atoms with Crippen molar-refractivity contribution in [1.29, 1.82) is 0 Å². The lowest BCUT2D eigenvalue weighted by Gasteiger charge is -2.29. The summed E-state index contributed by atoms with van der Waals surface area (Å²) in [4.78, 5) is 0. The zero-order valence-electron chi connectivity index (χ0n) is 12.3. The summed E-state index contributed by atoms with van der Waals surface area (Å²) < 4.78 is 0. The van der Waals surface area contributed by atoms with Crippen LogP contribution in [0.5, 0.6) is 0 Å². The number of hydrogen-bond acceptors (Lipinski definition) is 1. The minimum absolute atomic E-state index is 0.504. The predicted octanol–water partition coefficient (Wildman–Crippen LogP) is 5.48. The molecule has 0 saturated heterocycles. The summed E-state index contributed by atoms with van der Waals surface area (Å²) in [5.41, 5.74) is 1.17. The van der Waals surface area contributed by atoms with Gasteiger partial charge in [0.25, 0.3) is 0 Å². The second-order valence-electron chi connectivity index (χ2n) is 5.92. The Kier molecular flexibility index (Phi) is 6.67. The highest BCUT2D eigenvalue weighted by Crippen LogP contribution is 2.30. The Morgan fingerprint density at radius 1 is 1.10 bits per heavy atom. The molecule has 1 aromatic rings. The molecule has 0 amide bonds. The third-order valence-corrected chi connectivity index (χ3v) is 5.42. The Balaban J connectivity index is 2.05. The molecule has 112 valence electrons. The molecule has 1 unspecified atom stereocenters. The van der Waals surface area contributed by atoms with E-state index in [4.69, 9.17) is 23.2 Å². The molecular formula is C17H25Cl2N. The van der Waals surface area contributed by atoms with Crippen molar-refractivity contribution in [3.63, 3.8) is 0 Å². The van der Waals surface area contributed by atoms with Crippen LogP contribution in [0.15, 0.2) is 18.2 Å². The van der Waals surface area contributed by atoms with Gasteiger partial charge in [0.05, 0.1) is 10.0 Å². The predicted molar refractivity (Wildman–Crippen MR) is 88.8 cm³/mol. The largest absolute Gasteiger partial charge is 0.316 e. The number of nitrogens with one attached hydrogen (secondary N) is 1. The van der Waals surface area contributed by atoms with Crippen LogP contribution in [0.3, 0.4) is 0 Å². The van der Waals surface area contributed by atoms with Crippen LogP contribution in [0.1, 0.15) is 50.5 Å². The molecule has 0 radical (unpaired) electrons. The van der Waals surface area contributed by atoms with E-state index in [0.717, 1.165) is 17.4 Å². The highest BCUT2D eigenvalue weighted by atomic mass is 35.5. The molecule has 0 aliphatic heterocycles. The van der Waals surface area contributed by atoms with Crippen molar-refractivity contribution in [1.82, 2.24) is 5.32 Å². The van der Waals surface area contributed by atoms with Crippen LogP contribution in [-0.4, -0.2) is 13.1 Å². The summed E-state index contributed by atoms with van der Waals surface area (Å²) in [7, 11) is 2.07. The van der Waals surface area contributed by atoms with Gasteiger partial charge < -0.3 is 5.32 Å². The zero-order chi connectivity index (χ0) is 14.4. The maximum absolute atomic E-state index is 6.33. The first-order valence-electron chi connectivity index (χ1n) is 7.82. The Hall–Kier alpha value is -0.240. The van der Waals surface area contributed by atoms with Crippen LogP contribution < -0.4 is 5.32 Å². The van der Waals surface area contributed by atoms with E-state index in [9.17, 15) is 0 Å². The number of rotatable bonds is 4. The van der Waals surface area contributed by atoms with Crippen LogP contribution in [0.4, 0.5) is 0 Å². The monoisotopic (exact) mass is 313 g/mol. The molecule has 0 spiro atoms. The van der Waals surface area contributed by atoms with Crippen molar-refractivity contribution >= 4 is 23.2 Å². The van der Waals surface area contributed by atoms with E-state index >= 15 is 0 Å². The molecular weight excluding hydrogens is 289 g/mol. The highest BCUT2D eigenvalue weighted by molar-refractivity contribution is 6.42. The molecule has 0 heterocycles. The molecule has 1 saturated carbocycles. The average molecular weight is 314 g/mol. The fourth-order valence-corrected chi connectivity index (χ4v) is 3.73. The molecule has 1 N–H and O–H groups in total. The Labute approximate surface area is 133 Å². The zero-order valence-corrected chi connectivity index (χ0v) is 13.8. The van der Waals surface area contributed by atoms with Gasteiger partial charge in [-0.2, -0.15) is 0 Å². The fourth-order valence-electron chi connectivity index (χ4n) is 3.34. The van der Waals surface area contributed by atoms with Crippen molar-refractivity contribution < 1.29 is 0 Å². The van der Waals surface area contributed by atoms with Crippen molar-refractivity contribution in [2.75, 3.05) is 7.05 Å². The SMILES string of the molecule is CNC(Cc1cccc(Cl)c1Cl)C1CCCCCCC1. The van der Waals surface area contributed by atoms with E-state index in [1.165, 1.54) is 50.5 Å². The van der Waals surface area contributed by atoms with Crippen molar-refractivity contribution in [3.8, 4) is 0 Å². The van der Waals surface area contributed by atoms with Crippen molar-refractivity contribution in [3.05, 3.63) is 33.8 Å². The van der Waals surface area contributed by atoms with Crippen LogP contribution in [-0.2, 0) is 6.42 Å². The van der Waals surface area contributed by atoms with E-state index in [1.54, 1.807) is 0 Å². The summed E-state index contributed by atoms with van der Waals surface area (Å²) in [5, 5.41) is 4.90. The van der Waals surface area contributed by atoms with Crippen LogP contribution in [0, 0.1) is 5.92 Å². The molecule has 0 bridgehead atoms. The summed E-state index contributed by atoms with van der Waals surface area (Å²) in [5.74, 6) is 0.760. The van der Waals surface area contributed by atoms with Crippen LogP contribution >= 0.6 is 23.2 Å². The summed E-state index contributed by atoms with van der Waals surface area (Å²) in [6, 6.07) is 6.46. The standard InChI is InChI=1S/C17H25Cl2N/c1-20-16(13-8-5-3-2-4-6-9-13)12-14-10-7-11-15(18)17(14)19/h7,10-11,13,16,20H,2-6,8-9,12H2,1H3. The quantitative estimate of drug-likeness (QED) is 0.775. The smallest absolute Gasteiger partial charge is 0.0624 e. The van der Waals surface area contributed by atoms with Gasteiger partial charge in [-0.15, -0.1) is 0 Å². The van der Waals surface area contributed by atoms with E-state index in [2.05, 4.69) is 18.4 Å². The lowest BCUT2D eigenvalue weighted by molar-refractivity contribution is 0.294. The first kappa shape index (κ1) is 16.1. The van der Waals surface area contributed by atoms with Crippen LogP contribution in [0.25, 0.3) is 0 Å². The van der Waals surface area contributed by atoms with E-state index in [0.29, 0.717) is 11.1 Å². The summed E-state index contributed by atoms with van der Waals surface area (Å²) in [6.07, 6.45) is 10.6. The van der Waals surface area contributed by atoms with Gasteiger partial charge in [-0.05, 0) is 43.9 Å². The topological polar surface area (TPSA) is 12.0 Å². The second kappa shape index (κ2) is 8.26. The number of benzene rings is 1. The summed E-state index contributed by atoms with van der Waals surface area (Å²) >= 11 is 12.5. The molecule has 1 nitrogen and oxygen atoms in total. The molecule has 1 atom stereocenters. The highest BCUT2D eigenvalue weighted by Gasteiger charge is 2.22. The van der Waals surface area contributed by atoms with Crippen molar-refractivity contribution in [2.24, 2.45) is 5.92 Å². The van der Waals surface area contributed by atoms with E-state index < -0.39 is 0 Å². The minimum Gasteiger partial charge on any atom is -0.316 e. The third-order valence-electron chi connectivity index (χ3n) is 4.56. The minimum atomic E-state index is 0.504. The van der Waals surface area contributed by atoms with Crippen LogP contribution in [0.2, 0.25) is 10.0 Å². The lowest BCUT2D eigenvalue weighted by atomic mass is 9.83. The number of halogens is 2. The van der Waals surface area contributed by atoms with Gasteiger partial charge in [-0.3, -0.25) is 0 Å². The van der Waals surface area contributed by atoms with Gasteiger partial charge in [-0.25, -0.2) is 0 Å². The van der Waals surface area contributed by atoms with Gasteiger partial charge in [0.15, 0.2) is 0 Å². The first-order valence-corrected chi connectivity index (χ1v) is 8.58. The molecule has 20 heavy (non-hydrogen) atoms. The van der Waals surface area contributed by atoms with Gasteiger partial charge in [0.2, 0.25) is 0 Å². The normalized spacial score (nSPS) is 19.4. The van der Waals surface area contributed by atoms with Gasteiger partial charge >= 0.3 is 0 Å². The molecule has 2 rings (SSSR count). The van der Waals surface area contributed by atoms with Gasteiger partial charge in [-0.1, -0.05) is 67.4 Å². The number of hydrogen-bond donors (Lipinski definition) is 1. The average Bonchev–Trinajstić information content (AvgIpc) is 2.41. The third kappa shape index (κ3) is 4.38. The Morgan fingerprint density at radius 2 is 1.75 bits per heavy atom. The van der Waals surface area contributed by atoms with Gasteiger partial charge in [0, 0.05) is 6.04 Å². The molecule has 0 aromatic heterocycles. The first-order chi connectivity index (χ1) is 9.72. The summed E-state index contributed by atoms with van der Waals surface area (Å²) in [6.45, 7) is 0. The van der Waals surface area contributed by atoms with E-state index in [1.807, 2.05) is 12.1 Å². The molecule has 3 heteroatoms. The molecule has 1 aliphatic carbocycles. The Bertz CT molecular complexity index is 411. The second-order valence-corrected chi connectivity index (χ2v) is 6.70. The molecule has 1 fully saturated rings.